The van der Waals surface area contributed by atoms with Crippen LogP contribution in [0, 0.1) is 5.82 Å². The number of halogens is 1. The number of rotatable bonds is 7. The Labute approximate surface area is 187 Å². The highest BCUT2D eigenvalue weighted by atomic mass is 32.2. The zero-order valence-electron chi connectivity index (χ0n) is 18.2. The summed E-state index contributed by atoms with van der Waals surface area (Å²) >= 11 is 0. The van der Waals surface area contributed by atoms with Crippen LogP contribution < -0.4 is 15.0 Å². The topological polar surface area (TPSA) is 96.0 Å². The number of carbonyl (C=O) groups is 2. The van der Waals surface area contributed by atoms with Gasteiger partial charge < -0.3 is 10.1 Å². The molecule has 2 amide bonds. The predicted molar refractivity (Wildman–Crippen MR) is 118 cm³/mol. The van der Waals surface area contributed by atoms with E-state index in [1.165, 1.54) is 36.1 Å². The van der Waals surface area contributed by atoms with Crippen molar-refractivity contribution in [1.29, 1.82) is 0 Å². The van der Waals surface area contributed by atoms with Crippen molar-refractivity contribution in [3.05, 3.63) is 59.9 Å². The average molecular weight is 464 g/mol. The monoisotopic (exact) mass is 463 g/mol. The fourth-order valence-electron chi connectivity index (χ4n) is 3.64. The summed E-state index contributed by atoms with van der Waals surface area (Å²) in [4.78, 5) is 27.7. The minimum Gasteiger partial charge on any atom is -0.494 e. The Morgan fingerprint density at radius 1 is 1.16 bits per heavy atom. The highest BCUT2D eigenvalue weighted by molar-refractivity contribution is 7.88. The molecule has 1 fully saturated rings. The molecule has 0 saturated carbocycles. The molecule has 1 N–H and O–H groups in total. The van der Waals surface area contributed by atoms with Gasteiger partial charge in [0.1, 0.15) is 17.1 Å². The van der Waals surface area contributed by atoms with Gasteiger partial charge in [0.05, 0.1) is 19.4 Å². The third-order valence-corrected chi connectivity index (χ3v) is 6.47. The summed E-state index contributed by atoms with van der Waals surface area (Å²) in [6, 6.07) is 12.3. The molecule has 172 valence electrons. The third-order valence-electron chi connectivity index (χ3n) is 5.27. The lowest BCUT2D eigenvalue weighted by molar-refractivity contribution is -0.133. The number of anilines is 1. The van der Waals surface area contributed by atoms with Gasteiger partial charge in [-0.15, -0.1) is 0 Å². The summed E-state index contributed by atoms with van der Waals surface area (Å²) in [7, 11) is -3.71. The number of nitrogens with zero attached hydrogens (tertiary/aromatic N) is 2. The highest BCUT2D eigenvalue weighted by Gasteiger charge is 2.50. The van der Waals surface area contributed by atoms with Crippen molar-refractivity contribution in [2.75, 3.05) is 30.9 Å². The van der Waals surface area contributed by atoms with E-state index in [-0.39, 0.29) is 19.6 Å². The molecular formula is C22H26FN3O5S. The lowest BCUT2D eigenvalue weighted by atomic mass is 9.94. The summed E-state index contributed by atoms with van der Waals surface area (Å²) in [5, 5.41) is 2.75. The smallest absolute Gasteiger partial charge is 0.247 e. The van der Waals surface area contributed by atoms with Crippen molar-refractivity contribution in [2.45, 2.75) is 25.9 Å². The molecule has 0 aliphatic carbocycles. The lowest BCUT2D eigenvalue weighted by Gasteiger charge is -2.46. The molecule has 8 nitrogen and oxygen atoms in total. The normalized spacial score (nSPS) is 19.6. The molecule has 2 aromatic carbocycles. The van der Waals surface area contributed by atoms with Crippen LogP contribution in [0.4, 0.5) is 10.1 Å². The van der Waals surface area contributed by atoms with E-state index in [1.54, 1.807) is 24.3 Å². The van der Waals surface area contributed by atoms with E-state index in [0.717, 1.165) is 10.6 Å². The van der Waals surface area contributed by atoms with Crippen LogP contribution in [0.3, 0.4) is 0 Å². The molecule has 0 radical (unpaired) electrons. The van der Waals surface area contributed by atoms with Gasteiger partial charge in [0, 0.05) is 18.8 Å². The molecule has 1 heterocycles. The van der Waals surface area contributed by atoms with Crippen LogP contribution in [0.15, 0.2) is 48.5 Å². The quantitative estimate of drug-likeness (QED) is 0.677. The Balaban J connectivity index is 1.92. The van der Waals surface area contributed by atoms with Gasteiger partial charge in [0.2, 0.25) is 21.8 Å². The Morgan fingerprint density at radius 3 is 2.34 bits per heavy atom. The average Bonchev–Trinajstić information content (AvgIpc) is 2.73. The summed E-state index contributed by atoms with van der Waals surface area (Å²) in [6.45, 7) is 3.38. The fourth-order valence-corrected chi connectivity index (χ4v) is 4.47. The van der Waals surface area contributed by atoms with E-state index in [2.05, 4.69) is 5.32 Å². The predicted octanol–water partition coefficient (Wildman–Crippen LogP) is 1.91. The van der Waals surface area contributed by atoms with Gasteiger partial charge in [0.25, 0.3) is 0 Å². The third kappa shape index (κ3) is 5.08. The molecule has 1 aliphatic rings. The SMILES string of the molecule is CCOc1ccc(N2C(=O)CN(S(C)(=O)=O)CC2(C)C(=O)NCc2ccc(F)cc2)cc1. The van der Waals surface area contributed by atoms with E-state index < -0.39 is 33.2 Å². The number of hydrogen-bond donors (Lipinski definition) is 1. The number of piperazine rings is 1. The molecule has 0 spiro atoms. The Bertz CT molecular complexity index is 1090. The van der Waals surface area contributed by atoms with Gasteiger partial charge in [-0.2, -0.15) is 4.31 Å². The van der Waals surface area contributed by atoms with Crippen molar-refractivity contribution in [3.63, 3.8) is 0 Å². The molecular weight excluding hydrogens is 437 g/mol. The Hall–Kier alpha value is -2.98. The van der Waals surface area contributed by atoms with Crippen molar-refractivity contribution in [3.8, 4) is 5.75 Å². The molecule has 1 atom stereocenters. The van der Waals surface area contributed by atoms with E-state index in [0.29, 0.717) is 23.6 Å². The fraction of sp³-hybridized carbons (Fsp3) is 0.364. The van der Waals surface area contributed by atoms with Crippen LogP contribution in [-0.2, 0) is 26.2 Å². The number of nitrogens with one attached hydrogen (secondary N) is 1. The standard InChI is InChI=1S/C22H26FN3O5S/c1-4-31-19-11-9-18(10-12-19)26-20(27)14-25(32(3,29)30)15-22(26,2)21(28)24-13-16-5-7-17(23)8-6-16/h5-12H,4,13-15H2,1-3H3,(H,24,28). The number of ether oxygens (including phenoxy) is 1. The van der Waals surface area contributed by atoms with Crippen LogP contribution >= 0.6 is 0 Å². The van der Waals surface area contributed by atoms with Crippen molar-refractivity contribution in [2.24, 2.45) is 0 Å². The minimum atomic E-state index is -3.71. The van der Waals surface area contributed by atoms with Crippen molar-refractivity contribution in [1.82, 2.24) is 9.62 Å². The maximum absolute atomic E-state index is 13.3. The number of carbonyl (C=O) groups excluding carboxylic acids is 2. The van der Waals surface area contributed by atoms with Crippen molar-refractivity contribution >= 4 is 27.5 Å². The zero-order valence-corrected chi connectivity index (χ0v) is 19.0. The molecule has 32 heavy (non-hydrogen) atoms. The first-order valence-corrected chi connectivity index (χ1v) is 11.9. The molecule has 3 rings (SSSR count). The molecule has 1 saturated heterocycles. The second kappa shape index (κ2) is 9.25. The summed E-state index contributed by atoms with van der Waals surface area (Å²) in [5.41, 5.74) is -0.393. The van der Waals surface area contributed by atoms with Crippen molar-refractivity contribution < 1.29 is 27.1 Å². The van der Waals surface area contributed by atoms with Crippen LogP contribution in [-0.4, -0.2) is 56.0 Å². The summed E-state index contributed by atoms with van der Waals surface area (Å²) in [5.74, 6) is -0.834. The Morgan fingerprint density at radius 2 is 1.78 bits per heavy atom. The molecule has 10 heteroatoms. The largest absolute Gasteiger partial charge is 0.494 e. The van der Waals surface area contributed by atoms with Gasteiger partial charge in [-0.3, -0.25) is 14.5 Å². The van der Waals surface area contributed by atoms with E-state index >= 15 is 0 Å². The molecule has 1 aliphatic heterocycles. The highest BCUT2D eigenvalue weighted by Crippen LogP contribution is 2.31. The lowest BCUT2D eigenvalue weighted by Crippen LogP contribution is -2.70. The Kier molecular flexibility index (Phi) is 6.85. The van der Waals surface area contributed by atoms with E-state index in [1.807, 2.05) is 6.92 Å². The van der Waals surface area contributed by atoms with Gasteiger partial charge in [0.15, 0.2) is 0 Å². The number of benzene rings is 2. The van der Waals surface area contributed by atoms with Crippen LogP contribution in [0.25, 0.3) is 0 Å². The van der Waals surface area contributed by atoms with Crippen LogP contribution in [0.1, 0.15) is 19.4 Å². The van der Waals surface area contributed by atoms with E-state index in [9.17, 15) is 22.4 Å². The summed E-state index contributed by atoms with van der Waals surface area (Å²) in [6.07, 6.45) is 1.00. The molecule has 1 unspecified atom stereocenters. The van der Waals surface area contributed by atoms with Crippen LogP contribution in [0.2, 0.25) is 0 Å². The summed E-state index contributed by atoms with van der Waals surface area (Å²) < 4.78 is 44.0. The van der Waals surface area contributed by atoms with Gasteiger partial charge in [-0.25, -0.2) is 12.8 Å². The number of amides is 2. The second-order valence-electron chi connectivity index (χ2n) is 7.77. The molecule has 0 aromatic heterocycles. The maximum atomic E-state index is 13.3. The van der Waals surface area contributed by atoms with Gasteiger partial charge in [-0.1, -0.05) is 12.1 Å². The van der Waals surface area contributed by atoms with Crippen LogP contribution in [0.5, 0.6) is 5.75 Å². The molecule has 0 bridgehead atoms. The maximum Gasteiger partial charge on any atom is 0.247 e. The number of hydrogen-bond acceptors (Lipinski definition) is 5. The zero-order chi connectivity index (χ0) is 23.5. The number of sulfonamides is 1. The minimum absolute atomic E-state index is 0.0961. The second-order valence-corrected chi connectivity index (χ2v) is 9.75. The first kappa shape index (κ1) is 23.7. The first-order chi connectivity index (χ1) is 15.0. The van der Waals surface area contributed by atoms with Gasteiger partial charge >= 0.3 is 0 Å². The van der Waals surface area contributed by atoms with E-state index in [4.69, 9.17) is 4.74 Å². The van der Waals surface area contributed by atoms with Gasteiger partial charge in [-0.05, 0) is 55.8 Å². The molecule has 2 aromatic rings. The first-order valence-electron chi connectivity index (χ1n) is 10.1.